The van der Waals surface area contributed by atoms with E-state index in [2.05, 4.69) is 27.7 Å². The maximum atomic E-state index is 11.5. The molecule has 0 fully saturated rings. The molecule has 0 radical (unpaired) electrons. The maximum Gasteiger partial charge on any atom is 0.162 e. The number of allylic oxidation sites excluding steroid dienone is 1. The fraction of sp³-hybridized carbons (Fsp3) is 0.769. The number of ether oxygens (including phenoxy) is 1. The van der Waals surface area contributed by atoms with E-state index >= 15 is 0 Å². The van der Waals surface area contributed by atoms with Gasteiger partial charge < -0.3 is 4.74 Å². The van der Waals surface area contributed by atoms with E-state index in [4.69, 9.17) is 4.74 Å². The zero-order valence-electron chi connectivity index (χ0n) is 10.2. The van der Waals surface area contributed by atoms with Crippen LogP contribution in [0.2, 0.25) is 0 Å². The lowest BCUT2D eigenvalue weighted by atomic mass is 9.80. The average Bonchev–Trinajstić information content (AvgIpc) is 1.99. The van der Waals surface area contributed by atoms with E-state index in [0.29, 0.717) is 18.3 Å². The Bertz CT molecular complexity index is 241. The van der Waals surface area contributed by atoms with Crippen molar-refractivity contribution < 1.29 is 9.53 Å². The standard InChI is InChI=1S/C13H22O2/c1-10(2)7-13(8-11(3)4)9-12(14)5-6-15-13/h5-6,10-11H,7-9H2,1-4H3. The van der Waals surface area contributed by atoms with Gasteiger partial charge in [0.05, 0.1) is 12.7 Å². The third-order valence-electron chi connectivity index (χ3n) is 2.63. The van der Waals surface area contributed by atoms with Gasteiger partial charge in [0.15, 0.2) is 5.78 Å². The zero-order valence-corrected chi connectivity index (χ0v) is 10.2. The summed E-state index contributed by atoms with van der Waals surface area (Å²) >= 11 is 0. The lowest BCUT2D eigenvalue weighted by Crippen LogP contribution is -2.38. The Morgan fingerprint density at radius 2 is 1.80 bits per heavy atom. The van der Waals surface area contributed by atoms with Gasteiger partial charge in [-0.1, -0.05) is 27.7 Å². The van der Waals surface area contributed by atoms with Gasteiger partial charge in [0.1, 0.15) is 5.60 Å². The second-order valence-electron chi connectivity index (χ2n) is 5.44. The van der Waals surface area contributed by atoms with Crippen molar-refractivity contribution in [1.82, 2.24) is 0 Å². The smallest absolute Gasteiger partial charge is 0.162 e. The second-order valence-corrected chi connectivity index (χ2v) is 5.44. The number of carbonyl (C=O) groups is 1. The molecule has 0 spiro atoms. The van der Waals surface area contributed by atoms with Gasteiger partial charge in [0.2, 0.25) is 0 Å². The summed E-state index contributed by atoms with van der Waals surface area (Å²) in [6, 6.07) is 0. The highest BCUT2D eigenvalue weighted by molar-refractivity contribution is 5.90. The molecule has 15 heavy (non-hydrogen) atoms. The minimum Gasteiger partial charge on any atom is -0.494 e. The molecule has 0 aromatic heterocycles. The normalized spacial score (nSPS) is 19.7. The van der Waals surface area contributed by atoms with Crippen LogP contribution >= 0.6 is 0 Å². The van der Waals surface area contributed by atoms with E-state index in [-0.39, 0.29) is 11.4 Å². The van der Waals surface area contributed by atoms with Crippen molar-refractivity contribution in [3.05, 3.63) is 12.3 Å². The Labute approximate surface area is 92.7 Å². The molecule has 2 nitrogen and oxygen atoms in total. The molecule has 1 aliphatic heterocycles. The van der Waals surface area contributed by atoms with Crippen molar-refractivity contribution in [1.29, 1.82) is 0 Å². The topological polar surface area (TPSA) is 26.3 Å². The number of ketones is 1. The number of hydrogen-bond donors (Lipinski definition) is 0. The summed E-state index contributed by atoms with van der Waals surface area (Å²) in [7, 11) is 0. The molecule has 0 bridgehead atoms. The fourth-order valence-electron chi connectivity index (χ4n) is 2.48. The second kappa shape index (κ2) is 4.82. The van der Waals surface area contributed by atoms with E-state index < -0.39 is 0 Å². The molecule has 2 heteroatoms. The number of carbonyl (C=O) groups excluding carboxylic acids is 1. The average molecular weight is 210 g/mol. The molecule has 0 aromatic carbocycles. The lowest BCUT2D eigenvalue weighted by Gasteiger charge is -2.37. The van der Waals surface area contributed by atoms with Crippen molar-refractivity contribution in [3.63, 3.8) is 0 Å². The predicted molar refractivity (Wildman–Crippen MR) is 61.5 cm³/mol. The predicted octanol–water partition coefficient (Wildman–Crippen LogP) is 3.32. The summed E-state index contributed by atoms with van der Waals surface area (Å²) in [5, 5.41) is 0. The van der Waals surface area contributed by atoms with Gasteiger partial charge >= 0.3 is 0 Å². The third-order valence-corrected chi connectivity index (χ3v) is 2.63. The Balaban J connectivity index is 2.76. The van der Waals surface area contributed by atoms with Crippen LogP contribution in [0, 0.1) is 11.8 Å². The molecule has 1 aliphatic rings. The zero-order chi connectivity index (χ0) is 11.5. The Morgan fingerprint density at radius 1 is 1.27 bits per heavy atom. The van der Waals surface area contributed by atoms with Crippen LogP contribution in [0.4, 0.5) is 0 Å². The highest BCUT2D eigenvalue weighted by atomic mass is 16.5. The SMILES string of the molecule is CC(C)CC1(CC(C)C)CC(=O)C=CO1. The Kier molecular flexibility index (Phi) is 3.95. The summed E-state index contributed by atoms with van der Waals surface area (Å²) in [6.07, 6.45) is 5.58. The summed E-state index contributed by atoms with van der Waals surface area (Å²) in [5.41, 5.74) is -0.242. The first-order valence-corrected chi connectivity index (χ1v) is 5.81. The molecule has 0 saturated carbocycles. The van der Waals surface area contributed by atoms with Gasteiger partial charge in [-0.2, -0.15) is 0 Å². The van der Waals surface area contributed by atoms with Crippen molar-refractivity contribution >= 4 is 5.78 Å². The molecule has 0 unspecified atom stereocenters. The quantitative estimate of drug-likeness (QED) is 0.711. The van der Waals surface area contributed by atoms with Gasteiger partial charge in [-0.15, -0.1) is 0 Å². The number of rotatable bonds is 4. The van der Waals surface area contributed by atoms with Crippen molar-refractivity contribution in [3.8, 4) is 0 Å². The first-order chi connectivity index (χ1) is 6.93. The van der Waals surface area contributed by atoms with Crippen LogP contribution in [-0.4, -0.2) is 11.4 Å². The fourth-order valence-corrected chi connectivity index (χ4v) is 2.48. The van der Waals surface area contributed by atoms with Gasteiger partial charge in [0, 0.05) is 6.08 Å². The van der Waals surface area contributed by atoms with E-state index in [1.807, 2.05) is 0 Å². The summed E-state index contributed by atoms with van der Waals surface area (Å²) in [5.74, 6) is 1.31. The van der Waals surface area contributed by atoms with Crippen molar-refractivity contribution in [2.45, 2.75) is 52.6 Å². The van der Waals surface area contributed by atoms with Gasteiger partial charge in [-0.25, -0.2) is 0 Å². The van der Waals surface area contributed by atoms with Crippen LogP contribution in [0.5, 0.6) is 0 Å². The van der Waals surface area contributed by atoms with Crippen molar-refractivity contribution in [2.24, 2.45) is 11.8 Å². The molecule has 0 atom stereocenters. The van der Waals surface area contributed by atoms with Gasteiger partial charge in [-0.3, -0.25) is 4.79 Å². The largest absolute Gasteiger partial charge is 0.494 e. The first-order valence-electron chi connectivity index (χ1n) is 5.81. The Hall–Kier alpha value is -0.790. The maximum absolute atomic E-state index is 11.5. The van der Waals surface area contributed by atoms with Crippen LogP contribution in [0.3, 0.4) is 0 Å². The van der Waals surface area contributed by atoms with E-state index in [1.54, 1.807) is 12.3 Å². The Morgan fingerprint density at radius 3 is 2.20 bits per heavy atom. The third kappa shape index (κ3) is 3.69. The number of hydrogen-bond acceptors (Lipinski definition) is 2. The summed E-state index contributed by atoms with van der Waals surface area (Å²) in [6.45, 7) is 8.70. The van der Waals surface area contributed by atoms with Gasteiger partial charge in [0.25, 0.3) is 0 Å². The molecule has 0 amide bonds. The summed E-state index contributed by atoms with van der Waals surface area (Å²) < 4.78 is 5.76. The van der Waals surface area contributed by atoms with E-state index in [1.165, 1.54) is 0 Å². The molecular weight excluding hydrogens is 188 g/mol. The highest BCUT2D eigenvalue weighted by Crippen LogP contribution is 2.34. The molecule has 1 rings (SSSR count). The summed E-state index contributed by atoms with van der Waals surface area (Å²) in [4.78, 5) is 11.5. The lowest BCUT2D eigenvalue weighted by molar-refractivity contribution is -0.124. The molecule has 86 valence electrons. The molecule has 0 N–H and O–H groups in total. The van der Waals surface area contributed by atoms with Crippen LogP contribution in [0.15, 0.2) is 12.3 Å². The molecule has 0 aromatic rings. The minimum atomic E-state index is -0.242. The van der Waals surface area contributed by atoms with Crippen molar-refractivity contribution in [2.75, 3.05) is 0 Å². The first kappa shape index (κ1) is 12.3. The van der Waals surface area contributed by atoms with Gasteiger partial charge in [-0.05, 0) is 24.7 Å². The molecule has 0 saturated heterocycles. The van der Waals surface area contributed by atoms with E-state index in [0.717, 1.165) is 12.8 Å². The molecule has 0 aliphatic carbocycles. The minimum absolute atomic E-state index is 0.197. The van der Waals surface area contributed by atoms with Crippen LogP contribution in [0.1, 0.15) is 47.0 Å². The van der Waals surface area contributed by atoms with Crippen LogP contribution in [-0.2, 0) is 9.53 Å². The molecular formula is C13H22O2. The van der Waals surface area contributed by atoms with Crippen LogP contribution in [0.25, 0.3) is 0 Å². The van der Waals surface area contributed by atoms with Crippen LogP contribution < -0.4 is 0 Å². The highest BCUT2D eigenvalue weighted by Gasteiger charge is 2.36. The van der Waals surface area contributed by atoms with E-state index in [9.17, 15) is 4.79 Å². The monoisotopic (exact) mass is 210 g/mol. The molecule has 1 heterocycles.